The second kappa shape index (κ2) is 5.18. The standard InChI is InChI=1S/C12H17N3O3S/c1-8-2-3-9(13)6-11(8)19(17,18)14-7-10-4-5-12(16)15-10/h2-3,6,10,14H,4-5,7,13H2,1H3,(H,15,16). The highest BCUT2D eigenvalue weighted by Crippen LogP contribution is 2.18. The predicted octanol–water partition coefficient (Wildman–Crippen LogP) is 0.134. The Morgan fingerprint density at radius 2 is 2.21 bits per heavy atom. The largest absolute Gasteiger partial charge is 0.399 e. The lowest BCUT2D eigenvalue weighted by atomic mass is 10.2. The molecule has 19 heavy (non-hydrogen) atoms. The lowest BCUT2D eigenvalue weighted by molar-refractivity contribution is -0.119. The first-order valence-corrected chi connectivity index (χ1v) is 7.52. The van der Waals surface area contributed by atoms with Crippen LogP contribution in [-0.2, 0) is 14.8 Å². The van der Waals surface area contributed by atoms with E-state index >= 15 is 0 Å². The normalized spacial score (nSPS) is 19.4. The summed E-state index contributed by atoms with van der Waals surface area (Å²) in [6, 6.07) is 4.63. The van der Waals surface area contributed by atoms with Gasteiger partial charge >= 0.3 is 0 Å². The number of nitrogens with one attached hydrogen (secondary N) is 2. The molecule has 0 aromatic heterocycles. The summed E-state index contributed by atoms with van der Waals surface area (Å²) in [6.07, 6.45) is 1.10. The van der Waals surface area contributed by atoms with Crippen molar-refractivity contribution in [3.8, 4) is 0 Å². The molecule has 1 saturated heterocycles. The molecule has 7 heteroatoms. The number of hydrogen-bond acceptors (Lipinski definition) is 4. The monoisotopic (exact) mass is 283 g/mol. The van der Waals surface area contributed by atoms with Crippen molar-refractivity contribution in [2.24, 2.45) is 0 Å². The van der Waals surface area contributed by atoms with Crippen molar-refractivity contribution in [1.29, 1.82) is 0 Å². The highest BCUT2D eigenvalue weighted by Gasteiger charge is 2.24. The second-order valence-electron chi connectivity index (χ2n) is 4.68. The molecule has 6 nitrogen and oxygen atoms in total. The molecule has 1 atom stereocenters. The van der Waals surface area contributed by atoms with Gasteiger partial charge in [-0.25, -0.2) is 13.1 Å². The maximum Gasteiger partial charge on any atom is 0.240 e. The molecule has 2 rings (SSSR count). The fourth-order valence-electron chi connectivity index (χ4n) is 2.02. The van der Waals surface area contributed by atoms with Crippen molar-refractivity contribution in [2.75, 3.05) is 12.3 Å². The van der Waals surface area contributed by atoms with Gasteiger partial charge < -0.3 is 11.1 Å². The van der Waals surface area contributed by atoms with E-state index in [1.54, 1.807) is 19.1 Å². The molecule has 1 amide bonds. The van der Waals surface area contributed by atoms with Gasteiger partial charge in [-0.1, -0.05) is 6.07 Å². The number of amides is 1. The summed E-state index contributed by atoms with van der Waals surface area (Å²) in [5, 5.41) is 2.71. The molecular weight excluding hydrogens is 266 g/mol. The van der Waals surface area contributed by atoms with E-state index in [0.717, 1.165) is 0 Å². The maximum absolute atomic E-state index is 12.2. The number of rotatable bonds is 4. The van der Waals surface area contributed by atoms with Crippen LogP contribution >= 0.6 is 0 Å². The summed E-state index contributed by atoms with van der Waals surface area (Å²) in [6.45, 7) is 1.91. The number of carbonyl (C=O) groups excluding carboxylic acids is 1. The average Bonchev–Trinajstić information content (AvgIpc) is 2.76. The fraction of sp³-hybridized carbons (Fsp3) is 0.417. The number of benzene rings is 1. The van der Waals surface area contributed by atoms with Crippen LogP contribution in [0.15, 0.2) is 23.1 Å². The van der Waals surface area contributed by atoms with Crippen molar-refractivity contribution >= 4 is 21.6 Å². The minimum atomic E-state index is -3.60. The van der Waals surface area contributed by atoms with Crippen LogP contribution in [0.2, 0.25) is 0 Å². The molecule has 4 N–H and O–H groups in total. The van der Waals surface area contributed by atoms with E-state index < -0.39 is 10.0 Å². The van der Waals surface area contributed by atoms with Gasteiger partial charge in [0.1, 0.15) is 0 Å². The van der Waals surface area contributed by atoms with E-state index in [2.05, 4.69) is 10.0 Å². The molecule has 1 aromatic rings. The Morgan fingerprint density at radius 1 is 1.47 bits per heavy atom. The minimum Gasteiger partial charge on any atom is -0.399 e. The van der Waals surface area contributed by atoms with Crippen LogP contribution in [0, 0.1) is 6.92 Å². The third-order valence-electron chi connectivity index (χ3n) is 3.11. The van der Waals surface area contributed by atoms with Crippen LogP contribution in [0.4, 0.5) is 5.69 Å². The van der Waals surface area contributed by atoms with Crippen LogP contribution in [0.1, 0.15) is 18.4 Å². The van der Waals surface area contributed by atoms with Crippen molar-refractivity contribution in [3.05, 3.63) is 23.8 Å². The summed E-state index contributed by atoms with van der Waals surface area (Å²) in [7, 11) is -3.60. The van der Waals surface area contributed by atoms with E-state index in [1.807, 2.05) is 0 Å². The third kappa shape index (κ3) is 3.24. The van der Waals surface area contributed by atoms with E-state index in [0.29, 0.717) is 24.1 Å². The lowest BCUT2D eigenvalue weighted by Crippen LogP contribution is -2.38. The van der Waals surface area contributed by atoms with Crippen LogP contribution in [0.5, 0.6) is 0 Å². The van der Waals surface area contributed by atoms with Gasteiger partial charge in [-0.2, -0.15) is 0 Å². The maximum atomic E-state index is 12.2. The summed E-state index contributed by atoms with van der Waals surface area (Å²) >= 11 is 0. The van der Waals surface area contributed by atoms with Crippen LogP contribution in [0.25, 0.3) is 0 Å². The van der Waals surface area contributed by atoms with Crippen LogP contribution in [-0.4, -0.2) is 26.9 Å². The van der Waals surface area contributed by atoms with Crippen molar-refractivity contribution < 1.29 is 13.2 Å². The molecule has 0 aliphatic carbocycles. The van der Waals surface area contributed by atoms with Gasteiger partial charge in [0.25, 0.3) is 0 Å². The van der Waals surface area contributed by atoms with Crippen molar-refractivity contribution in [3.63, 3.8) is 0 Å². The van der Waals surface area contributed by atoms with E-state index in [1.165, 1.54) is 6.07 Å². The second-order valence-corrected chi connectivity index (χ2v) is 6.42. The van der Waals surface area contributed by atoms with Gasteiger partial charge in [0, 0.05) is 24.7 Å². The molecule has 1 heterocycles. The van der Waals surface area contributed by atoms with Gasteiger partial charge in [0.05, 0.1) is 4.90 Å². The number of anilines is 1. The molecule has 1 unspecified atom stereocenters. The van der Waals surface area contributed by atoms with Gasteiger partial charge in [-0.15, -0.1) is 0 Å². The van der Waals surface area contributed by atoms with Gasteiger partial charge in [-0.3, -0.25) is 4.79 Å². The first-order valence-electron chi connectivity index (χ1n) is 6.03. The first kappa shape index (κ1) is 13.8. The zero-order valence-corrected chi connectivity index (χ0v) is 11.5. The molecule has 1 aromatic carbocycles. The molecule has 1 aliphatic rings. The number of carbonyl (C=O) groups is 1. The summed E-state index contributed by atoms with van der Waals surface area (Å²) in [5.41, 5.74) is 6.65. The highest BCUT2D eigenvalue weighted by atomic mass is 32.2. The minimum absolute atomic E-state index is 0.0377. The fourth-order valence-corrected chi connectivity index (χ4v) is 3.38. The first-order chi connectivity index (χ1) is 8.88. The molecule has 0 radical (unpaired) electrons. The molecule has 1 aliphatic heterocycles. The Labute approximate surface area is 112 Å². The van der Waals surface area contributed by atoms with Crippen LogP contribution in [0.3, 0.4) is 0 Å². The lowest BCUT2D eigenvalue weighted by Gasteiger charge is -2.13. The van der Waals surface area contributed by atoms with E-state index in [4.69, 9.17) is 5.73 Å². The third-order valence-corrected chi connectivity index (χ3v) is 4.67. The molecular formula is C12H17N3O3S. The molecule has 0 spiro atoms. The topological polar surface area (TPSA) is 101 Å². The summed E-state index contributed by atoms with van der Waals surface area (Å²) in [5.74, 6) is -0.0377. The number of hydrogen-bond donors (Lipinski definition) is 3. The van der Waals surface area contributed by atoms with E-state index in [9.17, 15) is 13.2 Å². The Bertz CT molecular complexity index is 598. The number of nitrogen functional groups attached to an aromatic ring is 1. The SMILES string of the molecule is Cc1ccc(N)cc1S(=O)(=O)NCC1CCC(=O)N1. The average molecular weight is 283 g/mol. The zero-order valence-electron chi connectivity index (χ0n) is 10.6. The number of sulfonamides is 1. The van der Waals surface area contributed by atoms with Gasteiger partial charge in [-0.05, 0) is 31.0 Å². The predicted molar refractivity (Wildman–Crippen MR) is 71.9 cm³/mol. The number of aryl methyl sites for hydroxylation is 1. The highest BCUT2D eigenvalue weighted by molar-refractivity contribution is 7.89. The number of nitrogens with two attached hydrogens (primary N) is 1. The van der Waals surface area contributed by atoms with Gasteiger partial charge in [0.2, 0.25) is 15.9 Å². The molecule has 1 fully saturated rings. The molecule has 0 saturated carbocycles. The van der Waals surface area contributed by atoms with Crippen molar-refractivity contribution in [2.45, 2.75) is 30.7 Å². The molecule has 104 valence electrons. The Balaban J connectivity index is 2.10. The Hall–Kier alpha value is -1.60. The summed E-state index contributed by atoms with van der Waals surface area (Å²) < 4.78 is 26.8. The Morgan fingerprint density at radius 3 is 2.84 bits per heavy atom. The van der Waals surface area contributed by atoms with Gasteiger partial charge in [0.15, 0.2) is 0 Å². The molecule has 0 bridgehead atoms. The zero-order chi connectivity index (χ0) is 14.0. The quantitative estimate of drug-likeness (QED) is 0.684. The van der Waals surface area contributed by atoms with Crippen LogP contribution < -0.4 is 15.8 Å². The smallest absolute Gasteiger partial charge is 0.240 e. The summed E-state index contributed by atoms with van der Waals surface area (Å²) in [4.78, 5) is 11.2. The van der Waals surface area contributed by atoms with E-state index in [-0.39, 0.29) is 23.4 Å². The Kier molecular flexibility index (Phi) is 3.77. The van der Waals surface area contributed by atoms with Crippen molar-refractivity contribution in [1.82, 2.24) is 10.0 Å².